The van der Waals surface area contributed by atoms with Crippen LogP contribution >= 0.6 is 0 Å². The number of urea groups is 1. The van der Waals surface area contributed by atoms with Gasteiger partial charge in [-0.25, -0.2) is 9.48 Å². The first-order valence-electron chi connectivity index (χ1n) is 7.62. The van der Waals surface area contributed by atoms with Crippen molar-refractivity contribution in [2.75, 3.05) is 19.7 Å². The van der Waals surface area contributed by atoms with Crippen LogP contribution in [0.5, 0.6) is 0 Å². The number of esters is 1. The molecule has 2 aromatic rings. The molecule has 25 heavy (non-hydrogen) atoms. The molecular weight excluding hydrogens is 330 g/mol. The van der Waals surface area contributed by atoms with Gasteiger partial charge in [-0.3, -0.25) is 19.3 Å². The predicted molar refractivity (Wildman–Crippen MR) is 84.5 cm³/mol. The van der Waals surface area contributed by atoms with Crippen LogP contribution in [0.2, 0.25) is 0 Å². The minimum absolute atomic E-state index is 0.0199. The van der Waals surface area contributed by atoms with E-state index in [4.69, 9.17) is 4.74 Å². The van der Waals surface area contributed by atoms with Crippen LogP contribution in [0.15, 0.2) is 29.1 Å². The highest BCUT2D eigenvalue weighted by atomic mass is 16.5. The Morgan fingerprint density at radius 2 is 2.04 bits per heavy atom. The van der Waals surface area contributed by atoms with Gasteiger partial charge in [0.1, 0.15) is 5.52 Å². The van der Waals surface area contributed by atoms with Gasteiger partial charge in [-0.2, -0.15) is 0 Å². The number of nitrogens with one attached hydrogen (secondary N) is 1. The van der Waals surface area contributed by atoms with Crippen molar-refractivity contribution < 1.29 is 19.1 Å². The van der Waals surface area contributed by atoms with Crippen molar-refractivity contribution in [1.29, 1.82) is 0 Å². The van der Waals surface area contributed by atoms with Gasteiger partial charge in [-0.1, -0.05) is 17.3 Å². The third kappa shape index (κ3) is 3.62. The number of amides is 3. The van der Waals surface area contributed by atoms with Crippen LogP contribution in [0, 0.1) is 0 Å². The van der Waals surface area contributed by atoms with Gasteiger partial charge in [0.25, 0.3) is 11.5 Å². The average molecular weight is 345 g/mol. The van der Waals surface area contributed by atoms with E-state index in [1.807, 2.05) is 0 Å². The van der Waals surface area contributed by atoms with Gasteiger partial charge in [0.05, 0.1) is 18.4 Å². The molecule has 0 aliphatic carbocycles. The number of hydrogen-bond acceptors (Lipinski definition) is 7. The SMILES string of the molecule is O=C(CCn1nnc2ccccc2c1=O)OCC(=O)N1CCNC1=O. The Morgan fingerprint density at radius 3 is 2.80 bits per heavy atom. The van der Waals surface area contributed by atoms with Crippen LogP contribution in [-0.2, 0) is 20.9 Å². The van der Waals surface area contributed by atoms with E-state index in [9.17, 15) is 19.2 Å². The number of nitrogens with zero attached hydrogens (tertiary/aromatic N) is 4. The van der Waals surface area contributed by atoms with Crippen LogP contribution in [0.25, 0.3) is 10.9 Å². The van der Waals surface area contributed by atoms with Gasteiger partial charge in [-0.15, -0.1) is 5.10 Å². The Kier molecular flexibility index (Phi) is 4.68. The Labute approximate surface area is 141 Å². The van der Waals surface area contributed by atoms with E-state index in [1.54, 1.807) is 24.3 Å². The summed E-state index contributed by atoms with van der Waals surface area (Å²) in [5.74, 6) is -1.26. The molecule has 0 saturated carbocycles. The number of rotatable bonds is 5. The van der Waals surface area contributed by atoms with Gasteiger partial charge in [0.2, 0.25) is 0 Å². The molecule has 2 heterocycles. The first-order chi connectivity index (χ1) is 12.1. The summed E-state index contributed by atoms with van der Waals surface area (Å²) in [7, 11) is 0. The van der Waals surface area contributed by atoms with E-state index in [0.29, 0.717) is 17.4 Å². The van der Waals surface area contributed by atoms with Gasteiger partial charge >= 0.3 is 12.0 Å². The summed E-state index contributed by atoms with van der Waals surface area (Å²) >= 11 is 0. The molecule has 0 spiro atoms. The molecule has 3 rings (SSSR count). The number of aromatic nitrogens is 3. The zero-order valence-corrected chi connectivity index (χ0v) is 13.2. The summed E-state index contributed by atoms with van der Waals surface area (Å²) in [6, 6.07) is 6.25. The second-order valence-electron chi connectivity index (χ2n) is 5.32. The molecule has 1 fully saturated rings. The second-order valence-corrected chi connectivity index (χ2v) is 5.32. The van der Waals surface area contributed by atoms with Gasteiger partial charge in [-0.05, 0) is 12.1 Å². The third-order valence-corrected chi connectivity index (χ3v) is 3.67. The van der Waals surface area contributed by atoms with E-state index in [1.165, 1.54) is 0 Å². The number of aryl methyl sites for hydroxylation is 1. The Balaban J connectivity index is 1.54. The summed E-state index contributed by atoms with van der Waals surface area (Å²) in [4.78, 5) is 48.0. The number of benzene rings is 1. The minimum Gasteiger partial charge on any atom is -0.455 e. The highest BCUT2D eigenvalue weighted by Gasteiger charge is 2.26. The van der Waals surface area contributed by atoms with Crippen molar-refractivity contribution >= 4 is 28.8 Å². The number of imide groups is 1. The maximum absolute atomic E-state index is 12.2. The number of fused-ring (bicyclic) bond motifs is 1. The van der Waals surface area contributed by atoms with Gasteiger partial charge < -0.3 is 10.1 Å². The maximum atomic E-state index is 12.2. The normalized spacial score (nSPS) is 13.8. The highest BCUT2D eigenvalue weighted by molar-refractivity contribution is 5.96. The smallest absolute Gasteiger partial charge is 0.324 e. The monoisotopic (exact) mass is 345 g/mol. The standard InChI is InChI=1S/C15H15N5O5/c21-12(19-8-6-16-15(19)24)9-25-13(22)5-7-20-14(23)10-3-1-2-4-11(10)17-18-20/h1-4H,5-9H2,(H,16,24). The molecule has 0 bridgehead atoms. The van der Waals surface area contributed by atoms with Crippen LogP contribution in [0.3, 0.4) is 0 Å². The van der Waals surface area contributed by atoms with E-state index in [0.717, 1.165) is 9.58 Å². The van der Waals surface area contributed by atoms with Crippen LogP contribution in [0.4, 0.5) is 4.79 Å². The largest absolute Gasteiger partial charge is 0.455 e. The molecule has 1 aliphatic heterocycles. The molecule has 0 unspecified atom stereocenters. The number of carbonyl (C=O) groups is 3. The first-order valence-corrected chi connectivity index (χ1v) is 7.62. The third-order valence-electron chi connectivity index (χ3n) is 3.67. The molecule has 1 aliphatic rings. The van der Waals surface area contributed by atoms with Crippen molar-refractivity contribution in [1.82, 2.24) is 25.2 Å². The topological polar surface area (TPSA) is 123 Å². The predicted octanol–water partition coefficient (Wildman–Crippen LogP) is -0.723. The lowest BCUT2D eigenvalue weighted by Crippen LogP contribution is -2.37. The second kappa shape index (κ2) is 7.07. The molecule has 10 nitrogen and oxygen atoms in total. The maximum Gasteiger partial charge on any atom is 0.324 e. The van der Waals surface area contributed by atoms with Crippen molar-refractivity contribution in [2.24, 2.45) is 0 Å². The number of hydrogen-bond donors (Lipinski definition) is 1. The Bertz CT molecular complexity index is 893. The quantitative estimate of drug-likeness (QED) is 0.709. The molecule has 1 saturated heterocycles. The van der Waals surface area contributed by atoms with E-state index >= 15 is 0 Å². The molecule has 3 amide bonds. The van der Waals surface area contributed by atoms with Crippen LogP contribution in [0.1, 0.15) is 6.42 Å². The lowest BCUT2D eigenvalue weighted by Gasteiger charge is -2.12. The lowest BCUT2D eigenvalue weighted by atomic mass is 10.2. The molecule has 130 valence electrons. The Morgan fingerprint density at radius 1 is 1.24 bits per heavy atom. The fraction of sp³-hybridized carbons (Fsp3) is 0.333. The summed E-state index contributed by atoms with van der Waals surface area (Å²) < 4.78 is 5.91. The zero-order valence-electron chi connectivity index (χ0n) is 13.2. The first kappa shape index (κ1) is 16.6. The molecule has 1 aromatic carbocycles. The lowest BCUT2D eigenvalue weighted by molar-refractivity contribution is -0.150. The molecule has 10 heteroatoms. The van der Waals surface area contributed by atoms with Crippen molar-refractivity contribution in [3.8, 4) is 0 Å². The fourth-order valence-electron chi connectivity index (χ4n) is 2.37. The summed E-state index contributed by atoms with van der Waals surface area (Å²) in [6.07, 6.45) is -0.146. The van der Waals surface area contributed by atoms with E-state index in [-0.39, 0.29) is 25.1 Å². The van der Waals surface area contributed by atoms with Gasteiger partial charge in [0, 0.05) is 13.1 Å². The number of ether oxygens (including phenoxy) is 1. The van der Waals surface area contributed by atoms with Gasteiger partial charge in [0.15, 0.2) is 6.61 Å². The van der Waals surface area contributed by atoms with Crippen LogP contribution < -0.4 is 10.9 Å². The van der Waals surface area contributed by atoms with Crippen molar-refractivity contribution in [3.63, 3.8) is 0 Å². The highest BCUT2D eigenvalue weighted by Crippen LogP contribution is 2.04. The molecule has 1 N–H and O–H groups in total. The number of carbonyl (C=O) groups excluding carboxylic acids is 3. The van der Waals surface area contributed by atoms with Crippen molar-refractivity contribution in [2.45, 2.75) is 13.0 Å². The van der Waals surface area contributed by atoms with Crippen LogP contribution in [-0.4, -0.2) is 57.5 Å². The van der Waals surface area contributed by atoms with Crippen molar-refractivity contribution in [3.05, 3.63) is 34.6 Å². The molecule has 0 radical (unpaired) electrons. The molecule has 1 aromatic heterocycles. The Hall–Kier alpha value is -3.30. The minimum atomic E-state index is -0.671. The average Bonchev–Trinajstić information content (AvgIpc) is 3.05. The zero-order chi connectivity index (χ0) is 17.8. The molecule has 0 atom stereocenters. The summed E-state index contributed by atoms with van der Waals surface area (Å²) in [6.45, 7) is 0.0812. The fourth-order valence-corrected chi connectivity index (χ4v) is 2.37. The van der Waals surface area contributed by atoms with E-state index in [2.05, 4.69) is 15.6 Å². The molecular formula is C15H15N5O5. The summed E-state index contributed by atoms with van der Waals surface area (Å²) in [5.41, 5.74) is 0.115. The van der Waals surface area contributed by atoms with E-state index < -0.39 is 24.5 Å². The summed E-state index contributed by atoms with van der Waals surface area (Å²) in [5, 5.41) is 10.6.